The van der Waals surface area contributed by atoms with Crippen molar-refractivity contribution in [1.82, 2.24) is 5.32 Å². The Balaban J connectivity index is 1.85. The second-order valence-corrected chi connectivity index (χ2v) is 5.72. The topological polar surface area (TPSA) is 106 Å². The van der Waals surface area contributed by atoms with Gasteiger partial charge in [-0.3, -0.25) is 14.4 Å². The van der Waals surface area contributed by atoms with Crippen molar-refractivity contribution in [2.75, 3.05) is 37.5 Å². The van der Waals surface area contributed by atoms with Crippen LogP contribution in [0.15, 0.2) is 48.5 Å². The zero-order valence-electron chi connectivity index (χ0n) is 15.8. The van der Waals surface area contributed by atoms with Crippen LogP contribution in [0.5, 0.6) is 5.75 Å². The molecule has 8 nitrogen and oxygen atoms in total. The highest BCUT2D eigenvalue weighted by molar-refractivity contribution is 6.01. The minimum atomic E-state index is -0.393. The summed E-state index contributed by atoms with van der Waals surface area (Å²) < 4.78 is 10.2. The van der Waals surface area contributed by atoms with Crippen molar-refractivity contribution < 1.29 is 23.9 Å². The summed E-state index contributed by atoms with van der Waals surface area (Å²) in [6.07, 6.45) is 0. The highest BCUT2D eigenvalue weighted by Gasteiger charge is 2.13. The second kappa shape index (κ2) is 10.7. The van der Waals surface area contributed by atoms with Gasteiger partial charge in [0.2, 0.25) is 11.8 Å². The van der Waals surface area contributed by atoms with E-state index in [0.717, 1.165) is 0 Å². The van der Waals surface area contributed by atoms with Crippen molar-refractivity contribution in [3.05, 3.63) is 54.1 Å². The Labute approximate surface area is 163 Å². The van der Waals surface area contributed by atoms with E-state index in [0.29, 0.717) is 29.3 Å². The molecule has 0 radical (unpaired) electrons. The van der Waals surface area contributed by atoms with Crippen LogP contribution >= 0.6 is 0 Å². The number of anilines is 2. The van der Waals surface area contributed by atoms with Crippen molar-refractivity contribution in [1.29, 1.82) is 0 Å². The number of benzene rings is 2. The van der Waals surface area contributed by atoms with Gasteiger partial charge in [-0.25, -0.2) is 0 Å². The smallest absolute Gasteiger partial charge is 0.255 e. The molecule has 3 amide bonds. The summed E-state index contributed by atoms with van der Waals surface area (Å²) in [6.45, 7) is 2.04. The molecule has 148 valence electrons. The summed E-state index contributed by atoms with van der Waals surface area (Å²) in [5, 5.41) is 7.89. The first-order valence-corrected chi connectivity index (χ1v) is 8.72. The predicted octanol–water partition coefficient (Wildman–Crippen LogP) is 2.04. The molecule has 0 heterocycles. The molecule has 8 heteroatoms. The van der Waals surface area contributed by atoms with Crippen LogP contribution in [0.3, 0.4) is 0 Å². The van der Waals surface area contributed by atoms with Gasteiger partial charge >= 0.3 is 0 Å². The summed E-state index contributed by atoms with van der Waals surface area (Å²) in [7, 11) is 1.44. The zero-order valence-corrected chi connectivity index (χ0v) is 15.8. The largest absolute Gasteiger partial charge is 0.493 e. The Morgan fingerprint density at radius 3 is 2.11 bits per heavy atom. The third kappa shape index (κ3) is 6.40. The average molecular weight is 385 g/mol. The van der Waals surface area contributed by atoms with Crippen LogP contribution in [0.25, 0.3) is 0 Å². The summed E-state index contributed by atoms with van der Waals surface area (Å²) >= 11 is 0. The van der Waals surface area contributed by atoms with E-state index >= 15 is 0 Å². The number of ether oxygens (including phenoxy) is 2. The third-order valence-electron chi connectivity index (χ3n) is 3.57. The fraction of sp³-hybridized carbons (Fsp3) is 0.250. The van der Waals surface area contributed by atoms with Crippen LogP contribution < -0.4 is 20.7 Å². The second-order valence-electron chi connectivity index (χ2n) is 5.72. The van der Waals surface area contributed by atoms with Crippen molar-refractivity contribution in [3.63, 3.8) is 0 Å². The molecule has 0 saturated heterocycles. The van der Waals surface area contributed by atoms with Crippen molar-refractivity contribution in [3.8, 4) is 5.75 Å². The molecular weight excluding hydrogens is 362 g/mol. The lowest BCUT2D eigenvalue weighted by Crippen LogP contribution is -2.33. The van der Waals surface area contributed by atoms with Gasteiger partial charge in [-0.15, -0.1) is 0 Å². The predicted molar refractivity (Wildman–Crippen MR) is 106 cm³/mol. The number of para-hydroxylation sites is 1. The van der Waals surface area contributed by atoms with Gasteiger partial charge in [-0.1, -0.05) is 12.1 Å². The summed E-state index contributed by atoms with van der Waals surface area (Å²) in [6, 6.07) is 13.4. The van der Waals surface area contributed by atoms with E-state index in [1.165, 1.54) is 7.11 Å². The summed E-state index contributed by atoms with van der Waals surface area (Å²) in [5.41, 5.74) is 1.49. The number of nitrogens with one attached hydrogen (secondary N) is 3. The molecule has 0 fully saturated rings. The number of rotatable bonds is 9. The van der Waals surface area contributed by atoms with Crippen LogP contribution in [0, 0.1) is 0 Å². The maximum absolute atomic E-state index is 12.3. The van der Waals surface area contributed by atoms with Gasteiger partial charge in [0.1, 0.15) is 12.4 Å². The normalized spacial score (nSPS) is 10.1. The molecule has 2 aromatic rings. The molecule has 2 rings (SSSR count). The monoisotopic (exact) mass is 385 g/mol. The van der Waals surface area contributed by atoms with Gasteiger partial charge in [-0.05, 0) is 43.3 Å². The van der Waals surface area contributed by atoms with E-state index in [1.807, 2.05) is 6.92 Å². The first-order chi connectivity index (χ1) is 13.5. The SMILES string of the molecule is CCOc1ccccc1C(=O)NCC(=O)Nc1ccc(NC(=O)COC)cc1. The van der Waals surface area contributed by atoms with Crippen LogP contribution in [0.4, 0.5) is 11.4 Å². The van der Waals surface area contributed by atoms with Crippen molar-refractivity contribution in [2.24, 2.45) is 0 Å². The van der Waals surface area contributed by atoms with E-state index in [4.69, 9.17) is 9.47 Å². The number of amides is 3. The molecule has 0 unspecified atom stereocenters. The molecule has 0 spiro atoms. The molecule has 3 N–H and O–H groups in total. The quantitative estimate of drug-likeness (QED) is 0.613. The van der Waals surface area contributed by atoms with E-state index in [-0.39, 0.29) is 25.0 Å². The number of hydrogen-bond acceptors (Lipinski definition) is 5. The van der Waals surface area contributed by atoms with Gasteiger partial charge in [0, 0.05) is 18.5 Å². The van der Waals surface area contributed by atoms with E-state index in [9.17, 15) is 14.4 Å². The first-order valence-electron chi connectivity index (χ1n) is 8.72. The van der Waals surface area contributed by atoms with Gasteiger partial charge in [0.25, 0.3) is 5.91 Å². The highest BCUT2D eigenvalue weighted by Crippen LogP contribution is 2.17. The fourth-order valence-electron chi connectivity index (χ4n) is 2.36. The van der Waals surface area contributed by atoms with Crippen LogP contribution in [-0.4, -0.2) is 44.6 Å². The highest BCUT2D eigenvalue weighted by atomic mass is 16.5. The lowest BCUT2D eigenvalue weighted by atomic mass is 10.2. The van der Waals surface area contributed by atoms with Gasteiger partial charge in [0.05, 0.1) is 18.7 Å². The average Bonchev–Trinajstić information content (AvgIpc) is 2.68. The number of hydrogen-bond donors (Lipinski definition) is 3. The van der Waals surface area contributed by atoms with E-state index < -0.39 is 5.91 Å². The molecule has 0 aliphatic carbocycles. The Morgan fingerprint density at radius 1 is 0.893 bits per heavy atom. The Kier molecular flexibility index (Phi) is 7.98. The van der Waals surface area contributed by atoms with Crippen LogP contribution in [0.1, 0.15) is 17.3 Å². The lowest BCUT2D eigenvalue weighted by molar-refractivity contribution is -0.119. The molecule has 0 bridgehead atoms. The molecule has 0 atom stereocenters. The Bertz CT molecular complexity index is 821. The first kappa shape index (κ1) is 20.9. The van der Waals surface area contributed by atoms with Gasteiger partial charge < -0.3 is 25.4 Å². The van der Waals surface area contributed by atoms with Gasteiger partial charge in [0.15, 0.2) is 0 Å². The number of methoxy groups -OCH3 is 1. The Morgan fingerprint density at radius 2 is 1.50 bits per heavy atom. The summed E-state index contributed by atoms with van der Waals surface area (Å²) in [5.74, 6) is -0.572. The molecule has 0 aliphatic heterocycles. The molecule has 2 aromatic carbocycles. The lowest BCUT2D eigenvalue weighted by Gasteiger charge is -2.11. The summed E-state index contributed by atoms with van der Waals surface area (Å²) in [4.78, 5) is 35.8. The third-order valence-corrected chi connectivity index (χ3v) is 3.57. The number of carbonyl (C=O) groups is 3. The van der Waals surface area contributed by atoms with Crippen molar-refractivity contribution in [2.45, 2.75) is 6.92 Å². The molecule has 0 aliphatic rings. The van der Waals surface area contributed by atoms with Gasteiger partial charge in [-0.2, -0.15) is 0 Å². The Hall–Kier alpha value is -3.39. The maximum Gasteiger partial charge on any atom is 0.255 e. The molecule has 28 heavy (non-hydrogen) atoms. The van der Waals surface area contributed by atoms with E-state index in [1.54, 1.807) is 48.5 Å². The minimum absolute atomic E-state index is 0.0371. The van der Waals surface area contributed by atoms with Crippen LogP contribution in [-0.2, 0) is 14.3 Å². The zero-order chi connectivity index (χ0) is 20.4. The standard InChI is InChI=1S/C20H23N3O5/c1-3-28-17-7-5-4-6-16(17)20(26)21-12-18(24)22-14-8-10-15(11-9-14)23-19(25)13-27-2/h4-11H,3,12-13H2,1-2H3,(H,21,26)(H,22,24)(H,23,25). The molecular formula is C20H23N3O5. The molecule has 0 saturated carbocycles. The van der Waals surface area contributed by atoms with Crippen molar-refractivity contribution >= 4 is 29.1 Å². The fourth-order valence-corrected chi connectivity index (χ4v) is 2.36. The maximum atomic E-state index is 12.3. The molecule has 0 aromatic heterocycles. The van der Waals surface area contributed by atoms with Crippen LogP contribution in [0.2, 0.25) is 0 Å². The minimum Gasteiger partial charge on any atom is -0.493 e. The van der Waals surface area contributed by atoms with E-state index in [2.05, 4.69) is 16.0 Å². The number of carbonyl (C=O) groups excluding carboxylic acids is 3.